The minimum Gasteiger partial charge on any atom is -0.444 e. The molecule has 2 bridgehead atoms. The molecule has 3 atom stereocenters. The van der Waals surface area contributed by atoms with E-state index in [4.69, 9.17) is 4.74 Å². The first kappa shape index (κ1) is 18.7. The maximum absolute atomic E-state index is 13.5. The maximum atomic E-state index is 13.5. The van der Waals surface area contributed by atoms with Crippen LogP contribution in [-0.4, -0.2) is 47.7 Å². The Morgan fingerprint density at radius 2 is 1.72 bits per heavy atom. The first-order chi connectivity index (χ1) is 14.3. The monoisotopic (exact) mass is 390 g/mol. The third-order valence-electron chi connectivity index (χ3n) is 7.18. The van der Waals surface area contributed by atoms with E-state index < -0.39 is 0 Å². The summed E-state index contributed by atoms with van der Waals surface area (Å²) in [4.78, 5) is 18.0. The Morgan fingerprint density at radius 3 is 2.48 bits per heavy atom. The van der Waals surface area contributed by atoms with Crippen LogP contribution in [0, 0.1) is 5.92 Å². The molecule has 2 aromatic rings. The first-order valence-electron chi connectivity index (χ1n) is 11.1. The molecule has 4 heterocycles. The van der Waals surface area contributed by atoms with Gasteiger partial charge < -0.3 is 4.74 Å². The van der Waals surface area contributed by atoms with Gasteiger partial charge in [0.25, 0.3) is 0 Å². The second-order valence-corrected chi connectivity index (χ2v) is 8.65. The average molecular weight is 391 g/mol. The van der Waals surface area contributed by atoms with Crippen LogP contribution >= 0.6 is 0 Å². The normalized spacial score (nSPS) is 30.7. The van der Waals surface area contributed by atoms with Gasteiger partial charge in [0, 0.05) is 18.5 Å². The number of rotatable bonds is 3. The molecule has 4 heteroatoms. The topological polar surface area (TPSA) is 32.8 Å². The Kier molecular flexibility index (Phi) is 5.04. The molecule has 2 aromatic carbocycles. The SMILES string of the molecule is CCC1C(OC(=O)N2CCc3ccccc3C2c2ccccc2)C2CCN1CC2. The van der Waals surface area contributed by atoms with Crippen LogP contribution in [0.4, 0.5) is 4.79 Å². The molecule has 6 rings (SSSR count). The second-order valence-electron chi connectivity index (χ2n) is 8.65. The highest BCUT2D eigenvalue weighted by molar-refractivity contribution is 5.70. The quantitative estimate of drug-likeness (QED) is 0.765. The van der Waals surface area contributed by atoms with Crippen molar-refractivity contribution in [1.82, 2.24) is 9.80 Å². The summed E-state index contributed by atoms with van der Waals surface area (Å²) in [6, 6.07) is 19.2. The van der Waals surface area contributed by atoms with Gasteiger partial charge in [0.1, 0.15) is 6.10 Å². The van der Waals surface area contributed by atoms with E-state index in [2.05, 4.69) is 60.4 Å². The predicted molar refractivity (Wildman–Crippen MR) is 114 cm³/mol. The van der Waals surface area contributed by atoms with Crippen molar-refractivity contribution >= 4 is 6.09 Å². The van der Waals surface area contributed by atoms with Crippen LogP contribution < -0.4 is 0 Å². The van der Waals surface area contributed by atoms with Crippen LogP contribution in [0.25, 0.3) is 0 Å². The molecule has 3 fully saturated rings. The highest BCUT2D eigenvalue weighted by Crippen LogP contribution is 2.39. The summed E-state index contributed by atoms with van der Waals surface area (Å²) in [5.74, 6) is 0.515. The second kappa shape index (κ2) is 7.83. The lowest BCUT2D eigenvalue weighted by molar-refractivity contribution is -0.0872. The number of piperidine rings is 3. The third kappa shape index (κ3) is 3.33. The molecule has 0 aromatic heterocycles. The molecule has 3 unspecified atom stereocenters. The van der Waals surface area contributed by atoms with Crippen molar-refractivity contribution in [3.63, 3.8) is 0 Å². The lowest BCUT2D eigenvalue weighted by Gasteiger charge is -2.50. The highest BCUT2D eigenvalue weighted by Gasteiger charge is 2.45. The maximum Gasteiger partial charge on any atom is 0.410 e. The smallest absolute Gasteiger partial charge is 0.410 e. The van der Waals surface area contributed by atoms with Crippen LogP contribution in [-0.2, 0) is 11.2 Å². The largest absolute Gasteiger partial charge is 0.444 e. The first-order valence-corrected chi connectivity index (χ1v) is 11.1. The Labute approximate surface area is 173 Å². The van der Waals surface area contributed by atoms with Crippen molar-refractivity contribution in [2.24, 2.45) is 5.92 Å². The summed E-state index contributed by atoms with van der Waals surface area (Å²) in [5.41, 5.74) is 3.71. The molecule has 4 aliphatic rings. The predicted octanol–water partition coefficient (Wildman–Crippen LogP) is 4.64. The molecule has 3 saturated heterocycles. The van der Waals surface area contributed by atoms with E-state index in [9.17, 15) is 4.79 Å². The summed E-state index contributed by atoms with van der Waals surface area (Å²) in [6.07, 6.45) is 4.11. The van der Waals surface area contributed by atoms with Crippen molar-refractivity contribution in [2.75, 3.05) is 19.6 Å². The van der Waals surface area contributed by atoms with E-state index in [0.717, 1.165) is 44.3 Å². The molecule has 152 valence electrons. The van der Waals surface area contributed by atoms with E-state index in [1.165, 1.54) is 11.1 Å². The van der Waals surface area contributed by atoms with Crippen molar-refractivity contribution in [3.8, 4) is 0 Å². The summed E-state index contributed by atoms with van der Waals surface area (Å²) in [5, 5.41) is 0. The van der Waals surface area contributed by atoms with Gasteiger partial charge in [0.05, 0.1) is 6.04 Å². The number of carbonyl (C=O) groups excluding carboxylic acids is 1. The summed E-state index contributed by atoms with van der Waals surface area (Å²) < 4.78 is 6.28. The lowest BCUT2D eigenvalue weighted by atomic mass is 9.79. The molecule has 0 N–H and O–H groups in total. The fraction of sp³-hybridized carbons (Fsp3) is 0.480. The standard InChI is InChI=1S/C25H30N2O2/c1-2-22-24(20-12-15-26(22)16-13-20)29-25(28)27-17-14-18-8-6-7-11-21(18)23(27)19-9-4-3-5-10-19/h3-11,20,22-24H,2,12-17H2,1H3. The van der Waals surface area contributed by atoms with E-state index in [1.807, 2.05) is 11.0 Å². The third-order valence-corrected chi connectivity index (χ3v) is 7.18. The van der Waals surface area contributed by atoms with Gasteiger partial charge in [-0.05, 0) is 55.5 Å². The number of hydrogen-bond donors (Lipinski definition) is 0. The van der Waals surface area contributed by atoms with Gasteiger partial charge in [-0.3, -0.25) is 9.80 Å². The van der Waals surface area contributed by atoms with Crippen LogP contribution in [0.2, 0.25) is 0 Å². The number of hydrogen-bond acceptors (Lipinski definition) is 3. The summed E-state index contributed by atoms with van der Waals surface area (Å²) in [7, 11) is 0. The van der Waals surface area contributed by atoms with Gasteiger partial charge in [-0.25, -0.2) is 4.79 Å². The molecule has 0 spiro atoms. The van der Waals surface area contributed by atoms with E-state index in [1.54, 1.807) is 0 Å². The van der Waals surface area contributed by atoms with Crippen molar-refractivity contribution in [2.45, 2.75) is 50.8 Å². The van der Waals surface area contributed by atoms with Crippen molar-refractivity contribution in [1.29, 1.82) is 0 Å². The molecule has 29 heavy (non-hydrogen) atoms. The number of amides is 1. The fourth-order valence-electron chi connectivity index (χ4n) is 5.71. The molecule has 0 saturated carbocycles. The van der Waals surface area contributed by atoms with Crippen LogP contribution in [0.1, 0.15) is 48.9 Å². The Hall–Kier alpha value is -2.33. The van der Waals surface area contributed by atoms with Crippen molar-refractivity contribution in [3.05, 3.63) is 71.3 Å². The zero-order chi connectivity index (χ0) is 19.8. The summed E-state index contributed by atoms with van der Waals surface area (Å²) >= 11 is 0. The minimum atomic E-state index is -0.148. The van der Waals surface area contributed by atoms with Gasteiger partial charge in [-0.15, -0.1) is 0 Å². The summed E-state index contributed by atoms with van der Waals surface area (Å²) in [6.45, 7) is 5.23. The van der Waals surface area contributed by atoms with E-state index in [0.29, 0.717) is 18.5 Å². The molecule has 0 radical (unpaired) electrons. The van der Waals surface area contributed by atoms with Crippen LogP contribution in [0.15, 0.2) is 54.6 Å². The van der Waals surface area contributed by atoms with Crippen LogP contribution in [0.5, 0.6) is 0 Å². The molecule has 0 aliphatic carbocycles. The lowest BCUT2D eigenvalue weighted by Crippen LogP contribution is -2.59. The van der Waals surface area contributed by atoms with Gasteiger partial charge in [0.15, 0.2) is 0 Å². The van der Waals surface area contributed by atoms with E-state index in [-0.39, 0.29) is 18.2 Å². The molecule has 1 amide bonds. The average Bonchev–Trinajstić information content (AvgIpc) is 2.79. The Morgan fingerprint density at radius 1 is 1.00 bits per heavy atom. The zero-order valence-electron chi connectivity index (χ0n) is 17.2. The van der Waals surface area contributed by atoms with Crippen LogP contribution in [0.3, 0.4) is 0 Å². The van der Waals surface area contributed by atoms with Gasteiger partial charge in [-0.1, -0.05) is 61.5 Å². The minimum absolute atomic E-state index is 0.0311. The number of benzene rings is 2. The highest BCUT2D eigenvalue weighted by atomic mass is 16.6. The van der Waals surface area contributed by atoms with Gasteiger partial charge in [-0.2, -0.15) is 0 Å². The van der Waals surface area contributed by atoms with E-state index >= 15 is 0 Å². The molecule has 4 nitrogen and oxygen atoms in total. The van der Waals surface area contributed by atoms with Gasteiger partial charge >= 0.3 is 6.09 Å². The number of carbonyl (C=O) groups is 1. The Bertz CT molecular complexity index is 860. The number of ether oxygens (including phenoxy) is 1. The molecular weight excluding hydrogens is 360 g/mol. The van der Waals surface area contributed by atoms with Crippen molar-refractivity contribution < 1.29 is 9.53 Å². The van der Waals surface area contributed by atoms with Gasteiger partial charge in [0.2, 0.25) is 0 Å². The number of fused-ring (bicyclic) bond motifs is 4. The Balaban J connectivity index is 1.44. The molecular formula is C25H30N2O2. The number of nitrogens with zero attached hydrogens (tertiary/aromatic N) is 2. The molecule has 4 aliphatic heterocycles. The zero-order valence-corrected chi connectivity index (χ0v) is 17.2. The fourth-order valence-corrected chi connectivity index (χ4v) is 5.71.